The molecule has 19 heavy (non-hydrogen) atoms. The maximum Gasteiger partial charge on any atom is 0.216 e. The van der Waals surface area contributed by atoms with Crippen LogP contribution in [0.1, 0.15) is 13.8 Å². The standard InChI is InChI=1S/C13H19IN2O3/c1-9-7-16(3-4-18-9)12-5-11(14)6-13(15-12)19-10(2)8-17/h5-6,9-10,17H,3-4,7-8H2,1-2H3/t9-,10+/m0/s1. The molecule has 0 unspecified atom stereocenters. The molecule has 1 aromatic heterocycles. The Hall–Kier alpha value is -0.600. The second-order valence-electron chi connectivity index (χ2n) is 4.72. The molecule has 106 valence electrons. The van der Waals surface area contributed by atoms with E-state index in [-0.39, 0.29) is 18.8 Å². The second-order valence-corrected chi connectivity index (χ2v) is 5.97. The summed E-state index contributed by atoms with van der Waals surface area (Å²) in [5.74, 6) is 1.46. The van der Waals surface area contributed by atoms with E-state index in [4.69, 9.17) is 14.6 Å². The van der Waals surface area contributed by atoms with Gasteiger partial charge in [0.25, 0.3) is 0 Å². The van der Waals surface area contributed by atoms with Gasteiger partial charge in [0.05, 0.1) is 19.3 Å². The van der Waals surface area contributed by atoms with Crippen LogP contribution in [0.2, 0.25) is 0 Å². The first kappa shape index (κ1) is 14.8. The molecule has 2 rings (SSSR count). The zero-order valence-corrected chi connectivity index (χ0v) is 13.3. The quantitative estimate of drug-likeness (QED) is 0.808. The molecule has 1 saturated heterocycles. The first-order chi connectivity index (χ1) is 9.08. The molecule has 0 aliphatic carbocycles. The number of morpholine rings is 1. The normalized spacial score (nSPS) is 21.3. The van der Waals surface area contributed by atoms with Crippen LogP contribution in [0, 0.1) is 3.57 Å². The molecule has 0 bridgehead atoms. The van der Waals surface area contributed by atoms with Gasteiger partial charge in [-0.15, -0.1) is 0 Å². The molecule has 1 aliphatic heterocycles. The first-order valence-corrected chi connectivity index (χ1v) is 7.48. The summed E-state index contributed by atoms with van der Waals surface area (Å²) in [6.07, 6.45) is -0.0312. The molecule has 2 heterocycles. The maximum atomic E-state index is 9.04. The van der Waals surface area contributed by atoms with Gasteiger partial charge in [-0.05, 0) is 42.5 Å². The molecule has 1 aliphatic rings. The van der Waals surface area contributed by atoms with Crippen molar-refractivity contribution in [1.29, 1.82) is 0 Å². The van der Waals surface area contributed by atoms with E-state index < -0.39 is 0 Å². The Kier molecular flexibility index (Phi) is 5.23. The predicted molar refractivity (Wildman–Crippen MR) is 81.8 cm³/mol. The van der Waals surface area contributed by atoms with E-state index in [1.54, 1.807) is 0 Å². The van der Waals surface area contributed by atoms with Crippen LogP contribution in [0.15, 0.2) is 12.1 Å². The Balaban J connectivity index is 2.16. The van der Waals surface area contributed by atoms with Crippen molar-refractivity contribution in [2.45, 2.75) is 26.1 Å². The van der Waals surface area contributed by atoms with Crippen LogP contribution in [-0.4, -0.2) is 48.6 Å². The number of aliphatic hydroxyl groups is 1. The minimum absolute atomic E-state index is 0.0168. The number of hydrogen-bond acceptors (Lipinski definition) is 5. The molecule has 1 aromatic rings. The lowest BCUT2D eigenvalue weighted by Gasteiger charge is -2.32. The van der Waals surface area contributed by atoms with Gasteiger partial charge in [0.2, 0.25) is 5.88 Å². The molecule has 6 heteroatoms. The van der Waals surface area contributed by atoms with Crippen LogP contribution in [0.5, 0.6) is 5.88 Å². The lowest BCUT2D eigenvalue weighted by atomic mass is 10.3. The third-order valence-electron chi connectivity index (χ3n) is 2.90. The van der Waals surface area contributed by atoms with Gasteiger partial charge in [0.1, 0.15) is 11.9 Å². The molecule has 5 nitrogen and oxygen atoms in total. The van der Waals surface area contributed by atoms with Crippen LogP contribution in [-0.2, 0) is 4.74 Å². The minimum Gasteiger partial charge on any atom is -0.472 e. The fourth-order valence-corrected chi connectivity index (χ4v) is 2.50. The third kappa shape index (κ3) is 4.19. The van der Waals surface area contributed by atoms with Crippen molar-refractivity contribution in [1.82, 2.24) is 4.98 Å². The number of aliphatic hydroxyl groups excluding tert-OH is 1. The number of halogens is 1. The lowest BCUT2D eigenvalue weighted by Crippen LogP contribution is -2.41. The Morgan fingerprint density at radius 1 is 1.63 bits per heavy atom. The van der Waals surface area contributed by atoms with Gasteiger partial charge < -0.3 is 19.5 Å². The molecule has 1 N–H and O–H groups in total. The van der Waals surface area contributed by atoms with Gasteiger partial charge in [-0.3, -0.25) is 0 Å². The molecule has 0 aromatic carbocycles. The molecule has 0 saturated carbocycles. The number of pyridine rings is 1. The van der Waals surface area contributed by atoms with E-state index in [0.29, 0.717) is 5.88 Å². The molecule has 2 atom stereocenters. The highest BCUT2D eigenvalue weighted by Gasteiger charge is 2.19. The molecular weight excluding hydrogens is 359 g/mol. The fraction of sp³-hybridized carbons (Fsp3) is 0.615. The summed E-state index contributed by atoms with van der Waals surface area (Å²) in [6, 6.07) is 3.91. The fourth-order valence-electron chi connectivity index (χ4n) is 1.95. The number of rotatable bonds is 4. The van der Waals surface area contributed by atoms with Gasteiger partial charge in [0, 0.05) is 22.7 Å². The zero-order valence-electron chi connectivity index (χ0n) is 11.2. The van der Waals surface area contributed by atoms with Crippen molar-refractivity contribution in [2.24, 2.45) is 0 Å². The van der Waals surface area contributed by atoms with Crippen molar-refractivity contribution < 1.29 is 14.6 Å². The van der Waals surface area contributed by atoms with E-state index in [0.717, 1.165) is 29.1 Å². The van der Waals surface area contributed by atoms with Crippen molar-refractivity contribution >= 4 is 28.4 Å². The van der Waals surface area contributed by atoms with Crippen molar-refractivity contribution in [3.8, 4) is 5.88 Å². The van der Waals surface area contributed by atoms with Crippen LogP contribution in [0.3, 0.4) is 0 Å². The van der Waals surface area contributed by atoms with Gasteiger partial charge >= 0.3 is 0 Å². The predicted octanol–water partition coefficient (Wildman–Crippen LogP) is 1.67. The minimum atomic E-state index is -0.248. The van der Waals surface area contributed by atoms with Crippen molar-refractivity contribution in [2.75, 3.05) is 31.2 Å². The highest BCUT2D eigenvalue weighted by molar-refractivity contribution is 14.1. The number of nitrogens with zero attached hydrogens (tertiary/aromatic N) is 2. The topological polar surface area (TPSA) is 54.8 Å². The van der Waals surface area contributed by atoms with Crippen LogP contribution in [0.25, 0.3) is 0 Å². The van der Waals surface area contributed by atoms with E-state index in [1.807, 2.05) is 19.1 Å². The Morgan fingerprint density at radius 3 is 3.11 bits per heavy atom. The Bertz CT molecular complexity index is 430. The highest BCUT2D eigenvalue weighted by atomic mass is 127. The average Bonchev–Trinajstić information content (AvgIpc) is 2.38. The van der Waals surface area contributed by atoms with Crippen molar-refractivity contribution in [3.05, 3.63) is 15.7 Å². The summed E-state index contributed by atoms with van der Waals surface area (Å²) in [5.41, 5.74) is 0. The summed E-state index contributed by atoms with van der Waals surface area (Å²) in [5, 5.41) is 9.04. The molecule has 0 amide bonds. The average molecular weight is 378 g/mol. The van der Waals surface area contributed by atoms with E-state index in [2.05, 4.69) is 39.4 Å². The molecular formula is C13H19IN2O3. The van der Waals surface area contributed by atoms with Gasteiger partial charge in [-0.25, -0.2) is 0 Å². The molecule has 0 spiro atoms. The zero-order chi connectivity index (χ0) is 13.8. The lowest BCUT2D eigenvalue weighted by molar-refractivity contribution is 0.0528. The summed E-state index contributed by atoms with van der Waals surface area (Å²) >= 11 is 2.25. The number of aromatic nitrogens is 1. The highest BCUT2D eigenvalue weighted by Crippen LogP contribution is 2.23. The Morgan fingerprint density at radius 2 is 2.42 bits per heavy atom. The van der Waals surface area contributed by atoms with Gasteiger partial charge in [0.15, 0.2) is 0 Å². The monoisotopic (exact) mass is 378 g/mol. The first-order valence-electron chi connectivity index (χ1n) is 6.40. The second kappa shape index (κ2) is 6.71. The number of anilines is 1. The Labute approximate surface area is 127 Å². The number of ether oxygens (including phenoxy) is 2. The van der Waals surface area contributed by atoms with Crippen LogP contribution < -0.4 is 9.64 Å². The van der Waals surface area contributed by atoms with E-state index >= 15 is 0 Å². The molecule has 1 fully saturated rings. The smallest absolute Gasteiger partial charge is 0.216 e. The summed E-state index contributed by atoms with van der Waals surface area (Å²) < 4.78 is 12.2. The summed E-state index contributed by atoms with van der Waals surface area (Å²) in [6.45, 7) is 6.26. The summed E-state index contributed by atoms with van der Waals surface area (Å²) in [4.78, 5) is 6.71. The number of hydrogen-bond donors (Lipinski definition) is 1. The molecule has 0 radical (unpaired) electrons. The van der Waals surface area contributed by atoms with Gasteiger partial charge in [-0.1, -0.05) is 0 Å². The van der Waals surface area contributed by atoms with Crippen LogP contribution >= 0.6 is 22.6 Å². The van der Waals surface area contributed by atoms with E-state index in [9.17, 15) is 0 Å². The van der Waals surface area contributed by atoms with Crippen molar-refractivity contribution in [3.63, 3.8) is 0 Å². The largest absolute Gasteiger partial charge is 0.472 e. The summed E-state index contributed by atoms with van der Waals surface area (Å²) in [7, 11) is 0. The van der Waals surface area contributed by atoms with E-state index in [1.165, 1.54) is 0 Å². The van der Waals surface area contributed by atoms with Crippen LogP contribution in [0.4, 0.5) is 5.82 Å². The third-order valence-corrected chi connectivity index (χ3v) is 3.52. The maximum absolute atomic E-state index is 9.04. The SMILES string of the molecule is C[C@H](CO)Oc1cc(I)cc(N2CCO[C@@H](C)C2)n1. The van der Waals surface area contributed by atoms with Gasteiger partial charge in [-0.2, -0.15) is 4.98 Å².